The molecule has 0 radical (unpaired) electrons. The van der Waals surface area contributed by atoms with Gasteiger partial charge in [0.05, 0.1) is 6.61 Å². The Labute approximate surface area is 109 Å². The van der Waals surface area contributed by atoms with Gasteiger partial charge in [-0.15, -0.1) is 6.58 Å². The van der Waals surface area contributed by atoms with Gasteiger partial charge in [0.25, 0.3) is 0 Å². The maximum Gasteiger partial charge on any atom is 0.411 e. The van der Waals surface area contributed by atoms with Crippen molar-refractivity contribution in [2.45, 2.75) is 46.3 Å². The molecule has 1 atom stereocenters. The number of hydrogen-bond acceptors (Lipinski definition) is 4. The molecule has 0 aromatic heterocycles. The fourth-order valence-corrected chi connectivity index (χ4v) is 1.24. The Morgan fingerprint density at radius 3 is 2.33 bits per heavy atom. The number of rotatable bonds is 5. The highest BCUT2D eigenvalue weighted by Gasteiger charge is 2.29. The van der Waals surface area contributed by atoms with E-state index in [1.54, 1.807) is 40.7 Å². The van der Waals surface area contributed by atoms with Crippen LogP contribution in [0, 0.1) is 0 Å². The summed E-state index contributed by atoms with van der Waals surface area (Å²) >= 11 is 0. The molecule has 0 N–H and O–H groups in total. The average molecular weight is 257 g/mol. The molecule has 0 bridgehead atoms. The number of nitrogens with zero attached hydrogens (tertiary/aromatic N) is 1. The second-order valence-electron chi connectivity index (χ2n) is 4.85. The van der Waals surface area contributed by atoms with Crippen LogP contribution in [-0.4, -0.2) is 41.8 Å². The Hall–Kier alpha value is -1.52. The monoisotopic (exact) mass is 257 g/mol. The highest BCUT2D eigenvalue weighted by molar-refractivity contribution is 5.81. The van der Waals surface area contributed by atoms with Crippen LogP contribution in [0.3, 0.4) is 0 Å². The van der Waals surface area contributed by atoms with E-state index in [4.69, 9.17) is 9.47 Å². The third-order valence-corrected chi connectivity index (χ3v) is 2.05. The van der Waals surface area contributed by atoms with E-state index >= 15 is 0 Å². The van der Waals surface area contributed by atoms with Crippen molar-refractivity contribution in [1.29, 1.82) is 0 Å². The summed E-state index contributed by atoms with van der Waals surface area (Å²) in [5, 5.41) is 0. The topological polar surface area (TPSA) is 55.8 Å². The predicted octanol–water partition coefficient (Wildman–Crippen LogP) is 2.36. The molecule has 18 heavy (non-hydrogen) atoms. The molecule has 0 rings (SSSR count). The molecule has 0 saturated carbocycles. The molecule has 0 heterocycles. The van der Waals surface area contributed by atoms with Gasteiger partial charge in [-0.2, -0.15) is 0 Å². The van der Waals surface area contributed by atoms with Crippen molar-refractivity contribution >= 4 is 12.1 Å². The second-order valence-corrected chi connectivity index (χ2v) is 4.85. The van der Waals surface area contributed by atoms with Crippen molar-refractivity contribution in [3.8, 4) is 0 Å². The summed E-state index contributed by atoms with van der Waals surface area (Å²) in [5.74, 6) is -0.454. The molecular weight excluding hydrogens is 234 g/mol. The normalized spacial score (nSPS) is 12.5. The summed E-state index contributed by atoms with van der Waals surface area (Å²) in [7, 11) is 0. The van der Waals surface area contributed by atoms with Crippen molar-refractivity contribution in [2.24, 2.45) is 0 Å². The zero-order valence-corrected chi connectivity index (χ0v) is 11.9. The third-order valence-electron chi connectivity index (χ3n) is 2.05. The van der Waals surface area contributed by atoms with Gasteiger partial charge in [-0.1, -0.05) is 6.08 Å². The minimum absolute atomic E-state index is 0.231. The maximum atomic E-state index is 11.9. The van der Waals surface area contributed by atoms with Crippen LogP contribution in [0.25, 0.3) is 0 Å². The van der Waals surface area contributed by atoms with E-state index in [-0.39, 0.29) is 13.2 Å². The summed E-state index contributed by atoms with van der Waals surface area (Å²) in [6, 6.07) is -0.696. The molecule has 0 aliphatic rings. The zero-order valence-electron chi connectivity index (χ0n) is 11.9. The summed E-state index contributed by atoms with van der Waals surface area (Å²) in [5.41, 5.74) is -0.606. The average Bonchev–Trinajstić information content (AvgIpc) is 2.22. The van der Waals surface area contributed by atoms with Crippen molar-refractivity contribution in [1.82, 2.24) is 4.90 Å². The lowest BCUT2D eigenvalue weighted by Crippen LogP contribution is -2.46. The van der Waals surface area contributed by atoms with Crippen molar-refractivity contribution < 1.29 is 19.1 Å². The molecule has 0 aliphatic heterocycles. The van der Waals surface area contributed by atoms with Crippen LogP contribution in [0.5, 0.6) is 0 Å². The van der Waals surface area contributed by atoms with Crippen LogP contribution < -0.4 is 0 Å². The second kappa shape index (κ2) is 7.03. The van der Waals surface area contributed by atoms with Crippen LogP contribution in [0.15, 0.2) is 12.7 Å². The van der Waals surface area contributed by atoms with Crippen LogP contribution in [0.4, 0.5) is 4.79 Å². The Bertz CT molecular complexity index is 307. The Balaban J connectivity index is 4.78. The van der Waals surface area contributed by atoms with Gasteiger partial charge in [-0.25, -0.2) is 9.59 Å². The summed E-state index contributed by atoms with van der Waals surface area (Å²) in [4.78, 5) is 24.9. The van der Waals surface area contributed by atoms with Crippen molar-refractivity contribution in [3.05, 3.63) is 12.7 Å². The number of amides is 1. The Morgan fingerprint density at radius 1 is 1.39 bits per heavy atom. The van der Waals surface area contributed by atoms with Gasteiger partial charge >= 0.3 is 12.1 Å². The largest absolute Gasteiger partial charge is 0.464 e. The van der Waals surface area contributed by atoms with Gasteiger partial charge in [0.1, 0.15) is 11.6 Å². The van der Waals surface area contributed by atoms with Gasteiger partial charge in [0.2, 0.25) is 0 Å². The minimum Gasteiger partial charge on any atom is -0.464 e. The third kappa shape index (κ3) is 5.70. The first-order chi connectivity index (χ1) is 8.22. The van der Waals surface area contributed by atoms with Gasteiger partial charge < -0.3 is 9.47 Å². The molecule has 0 spiro atoms. The molecule has 0 aromatic rings. The minimum atomic E-state index is -0.696. The lowest BCUT2D eigenvalue weighted by atomic mass is 10.2. The maximum absolute atomic E-state index is 11.9. The highest BCUT2D eigenvalue weighted by Crippen LogP contribution is 2.12. The molecule has 1 amide bonds. The molecule has 0 fully saturated rings. The van der Waals surface area contributed by atoms with E-state index in [2.05, 4.69) is 6.58 Å². The van der Waals surface area contributed by atoms with Gasteiger partial charge in [-0.3, -0.25) is 4.90 Å². The van der Waals surface area contributed by atoms with E-state index in [0.29, 0.717) is 0 Å². The van der Waals surface area contributed by atoms with E-state index in [9.17, 15) is 9.59 Å². The number of carbonyl (C=O) groups excluding carboxylic acids is 2. The molecule has 5 nitrogen and oxygen atoms in total. The Kier molecular flexibility index (Phi) is 6.44. The Morgan fingerprint density at radius 2 is 1.94 bits per heavy atom. The van der Waals surface area contributed by atoms with Crippen LogP contribution in [0.1, 0.15) is 34.6 Å². The standard InChI is InChI=1S/C13H23NO4/c1-7-9-14(10(3)11(15)17-8-2)12(16)18-13(4,5)6/h7,10H,1,8-9H2,2-6H3/t10-/m0/s1. The molecule has 0 saturated heterocycles. The molecule has 0 aliphatic carbocycles. The first kappa shape index (κ1) is 16.5. The van der Waals surface area contributed by atoms with E-state index in [1.807, 2.05) is 0 Å². The fraction of sp³-hybridized carbons (Fsp3) is 0.692. The molecule has 5 heteroatoms. The van der Waals surface area contributed by atoms with Crippen LogP contribution >= 0.6 is 0 Å². The number of ether oxygens (including phenoxy) is 2. The first-order valence-electron chi connectivity index (χ1n) is 6.00. The van der Waals surface area contributed by atoms with Gasteiger partial charge in [-0.05, 0) is 34.6 Å². The van der Waals surface area contributed by atoms with Crippen LogP contribution in [-0.2, 0) is 14.3 Å². The van der Waals surface area contributed by atoms with E-state index < -0.39 is 23.7 Å². The van der Waals surface area contributed by atoms with Gasteiger partial charge in [0, 0.05) is 6.54 Å². The van der Waals surface area contributed by atoms with Crippen molar-refractivity contribution in [2.75, 3.05) is 13.2 Å². The SMILES string of the molecule is C=CCN(C(=O)OC(C)(C)C)[C@@H](C)C(=O)OCC. The van der Waals surface area contributed by atoms with Crippen LogP contribution in [0.2, 0.25) is 0 Å². The lowest BCUT2D eigenvalue weighted by molar-refractivity contribution is -0.148. The first-order valence-corrected chi connectivity index (χ1v) is 6.00. The lowest BCUT2D eigenvalue weighted by Gasteiger charge is -2.29. The number of carbonyl (C=O) groups is 2. The van der Waals surface area contributed by atoms with Crippen molar-refractivity contribution in [3.63, 3.8) is 0 Å². The summed E-state index contributed by atoms with van der Waals surface area (Å²) in [6.07, 6.45) is 0.988. The quantitative estimate of drug-likeness (QED) is 0.560. The number of esters is 1. The smallest absolute Gasteiger partial charge is 0.411 e. The molecular formula is C13H23NO4. The summed E-state index contributed by atoms with van der Waals surface area (Å²) in [6.45, 7) is 12.7. The fourth-order valence-electron chi connectivity index (χ4n) is 1.24. The van der Waals surface area contributed by atoms with Gasteiger partial charge in [0.15, 0.2) is 0 Å². The summed E-state index contributed by atoms with van der Waals surface area (Å²) < 4.78 is 10.1. The molecule has 0 unspecified atom stereocenters. The predicted molar refractivity (Wildman–Crippen MR) is 69.2 cm³/mol. The van der Waals surface area contributed by atoms with E-state index in [0.717, 1.165) is 0 Å². The highest BCUT2D eigenvalue weighted by atomic mass is 16.6. The zero-order chi connectivity index (χ0) is 14.3. The number of hydrogen-bond donors (Lipinski definition) is 0. The van der Waals surface area contributed by atoms with E-state index in [1.165, 1.54) is 4.90 Å². The molecule has 104 valence electrons. The molecule has 0 aromatic carbocycles.